The number of halogens is 1. The molecule has 2 nitrogen and oxygen atoms in total. The van der Waals surface area contributed by atoms with Crippen molar-refractivity contribution in [3.05, 3.63) is 58.1 Å². The monoisotopic (exact) mass is 300 g/mol. The van der Waals surface area contributed by atoms with E-state index in [2.05, 4.69) is 34.6 Å². The van der Waals surface area contributed by atoms with E-state index in [0.29, 0.717) is 6.04 Å². The van der Waals surface area contributed by atoms with Crippen LogP contribution in [0.25, 0.3) is 10.2 Å². The van der Waals surface area contributed by atoms with Crippen LogP contribution in [0, 0.1) is 0 Å². The zero-order chi connectivity index (χ0) is 13.5. The van der Waals surface area contributed by atoms with E-state index in [1.54, 1.807) is 11.3 Å². The summed E-state index contributed by atoms with van der Waals surface area (Å²) in [6.45, 7) is 0. The molecule has 0 radical (unpaired) electrons. The van der Waals surface area contributed by atoms with Gasteiger partial charge in [-0.15, -0.1) is 11.3 Å². The number of aromatic nitrogens is 1. The largest absolute Gasteiger partial charge is 0.379 e. The Balaban J connectivity index is 1.66. The Labute approximate surface area is 126 Å². The molecule has 4 rings (SSSR count). The summed E-state index contributed by atoms with van der Waals surface area (Å²) in [5, 5.41) is 4.35. The predicted octanol–water partition coefficient (Wildman–Crippen LogP) is 4.53. The Morgan fingerprint density at radius 2 is 1.85 bits per heavy atom. The zero-order valence-electron chi connectivity index (χ0n) is 10.8. The van der Waals surface area contributed by atoms with E-state index < -0.39 is 0 Å². The molecule has 1 heterocycles. The van der Waals surface area contributed by atoms with Crippen LogP contribution in [0.1, 0.15) is 11.1 Å². The van der Waals surface area contributed by atoms with Crippen LogP contribution in [0.15, 0.2) is 41.9 Å². The van der Waals surface area contributed by atoms with Crippen molar-refractivity contribution in [2.75, 3.05) is 5.32 Å². The molecule has 1 aliphatic rings. The molecule has 0 aliphatic heterocycles. The van der Waals surface area contributed by atoms with Crippen molar-refractivity contribution in [2.45, 2.75) is 18.9 Å². The van der Waals surface area contributed by atoms with E-state index in [9.17, 15) is 0 Å². The Kier molecular flexibility index (Phi) is 2.90. The summed E-state index contributed by atoms with van der Waals surface area (Å²) >= 11 is 8.00. The van der Waals surface area contributed by atoms with Gasteiger partial charge >= 0.3 is 0 Å². The van der Waals surface area contributed by atoms with Crippen molar-refractivity contribution in [1.82, 2.24) is 4.98 Å². The first-order valence-electron chi connectivity index (χ1n) is 6.66. The molecule has 0 atom stereocenters. The maximum atomic E-state index is 6.35. The lowest BCUT2D eigenvalue weighted by molar-refractivity contribution is 0.775. The Morgan fingerprint density at radius 3 is 2.60 bits per heavy atom. The molecule has 1 aliphatic carbocycles. The molecule has 0 saturated heterocycles. The lowest BCUT2D eigenvalue weighted by atomic mass is 10.1. The minimum absolute atomic E-state index is 0.400. The number of nitrogens with zero attached hydrogens (tertiary/aromatic N) is 1. The topological polar surface area (TPSA) is 24.9 Å². The van der Waals surface area contributed by atoms with Gasteiger partial charge in [-0.2, -0.15) is 0 Å². The number of anilines is 1. The third-order valence-corrected chi connectivity index (χ3v) is 4.96. The number of hydrogen-bond donors (Lipinski definition) is 1. The summed E-state index contributed by atoms with van der Waals surface area (Å²) in [5.41, 5.74) is 6.70. The fourth-order valence-corrected chi connectivity index (χ4v) is 3.80. The summed E-state index contributed by atoms with van der Waals surface area (Å²) in [6.07, 6.45) is 2.10. The van der Waals surface area contributed by atoms with E-state index >= 15 is 0 Å². The number of thiazole rings is 1. The van der Waals surface area contributed by atoms with Crippen molar-refractivity contribution in [1.29, 1.82) is 0 Å². The normalized spacial score (nSPS) is 14.7. The molecule has 0 unspecified atom stereocenters. The van der Waals surface area contributed by atoms with E-state index in [4.69, 9.17) is 11.6 Å². The molecular weight excluding hydrogens is 288 g/mol. The highest BCUT2D eigenvalue weighted by atomic mass is 35.5. The first kappa shape index (κ1) is 12.2. The van der Waals surface area contributed by atoms with Gasteiger partial charge in [-0.05, 0) is 36.1 Å². The van der Waals surface area contributed by atoms with Crippen molar-refractivity contribution in [3.8, 4) is 0 Å². The number of fused-ring (bicyclic) bond motifs is 2. The van der Waals surface area contributed by atoms with Gasteiger partial charge in [-0.25, -0.2) is 4.98 Å². The van der Waals surface area contributed by atoms with Gasteiger partial charge in [-0.1, -0.05) is 35.9 Å². The summed E-state index contributed by atoms with van der Waals surface area (Å²) in [7, 11) is 0. The Hall–Kier alpha value is -1.58. The smallest absolute Gasteiger partial charge is 0.106 e. The summed E-state index contributed by atoms with van der Waals surface area (Å²) in [6, 6.07) is 13.0. The summed E-state index contributed by atoms with van der Waals surface area (Å²) in [4.78, 5) is 4.44. The second-order valence-electron chi connectivity index (χ2n) is 5.14. The van der Waals surface area contributed by atoms with Gasteiger partial charge < -0.3 is 5.32 Å². The average Bonchev–Trinajstić information content (AvgIpc) is 3.07. The minimum Gasteiger partial charge on any atom is -0.379 e. The molecule has 0 bridgehead atoms. The summed E-state index contributed by atoms with van der Waals surface area (Å²) < 4.78 is 1.17. The molecule has 3 aromatic rings. The first-order chi connectivity index (χ1) is 9.81. The quantitative estimate of drug-likeness (QED) is 0.752. The van der Waals surface area contributed by atoms with Crippen molar-refractivity contribution in [2.24, 2.45) is 0 Å². The van der Waals surface area contributed by atoms with Crippen LogP contribution < -0.4 is 5.32 Å². The van der Waals surface area contributed by atoms with Gasteiger partial charge in [-0.3, -0.25) is 0 Å². The number of nitrogens with one attached hydrogen (secondary N) is 1. The first-order valence-corrected chi connectivity index (χ1v) is 7.92. The predicted molar refractivity (Wildman–Crippen MR) is 85.9 cm³/mol. The van der Waals surface area contributed by atoms with Crippen molar-refractivity contribution in [3.63, 3.8) is 0 Å². The maximum Gasteiger partial charge on any atom is 0.106 e. The highest BCUT2D eigenvalue weighted by molar-refractivity contribution is 7.16. The molecule has 0 saturated carbocycles. The van der Waals surface area contributed by atoms with Crippen LogP contribution in [0.4, 0.5) is 5.69 Å². The van der Waals surface area contributed by atoms with Crippen LogP contribution in [0.5, 0.6) is 0 Å². The highest BCUT2D eigenvalue weighted by Gasteiger charge is 2.22. The molecule has 20 heavy (non-hydrogen) atoms. The second kappa shape index (κ2) is 4.76. The van der Waals surface area contributed by atoms with Gasteiger partial charge in [0, 0.05) is 6.04 Å². The lowest BCUT2D eigenvalue weighted by Crippen LogP contribution is -2.19. The van der Waals surface area contributed by atoms with Crippen LogP contribution in [-0.4, -0.2) is 11.0 Å². The SMILES string of the molecule is Clc1ccc2scnc2c1NC1Cc2ccccc2C1. The molecular formula is C16H13ClN2S. The molecule has 0 fully saturated rings. The van der Waals surface area contributed by atoms with Gasteiger partial charge in [0.05, 0.1) is 20.9 Å². The third kappa shape index (κ3) is 1.98. The second-order valence-corrected chi connectivity index (χ2v) is 6.43. The molecule has 0 spiro atoms. The van der Waals surface area contributed by atoms with Gasteiger partial charge in [0.15, 0.2) is 0 Å². The molecule has 1 N–H and O–H groups in total. The van der Waals surface area contributed by atoms with Crippen molar-refractivity contribution >= 4 is 38.8 Å². The van der Waals surface area contributed by atoms with Gasteiger partial charge in [0.2, 0.25) is 0 Å². The minimum atomic E-state index is 0.400. The van der Waals surface area contributed by atoms with E-state index in [1.807, 2.05) is 17.6 Å². The number of benzene rings is 2. The zero-order valence-corrected chi connectivity index (χ0v) is 12.3. The number of hydrogen-bond acceptors (Lipinski definition) is 3. The molecule has 0 amide bonds. The fourth-order valence-electron chi connectivity index (χ4n) is 2.91. The molecule has 1 aromatic heterocycles. The molecule has 2 aromatic carbocycles. The van der Waals surface area contributed by atoms with E-state index in [1.165, 1.54) is 15.8 Å². The van der Waals surface area contributed by atoms with Gasteiger partial charge in [0.1, 0.15) is 5.52 Å². The van der Waals surface area contributed by atoms with E-state index in [0.717, 1.165) is 29.1 Å². The molecule has 100 valence electrons. The lowest BCUT2D eigenvalue weighted by Gasteiger charge is -2.15. The Bertz CT molecular complexity index is 756. The van der Waals surface area contributed by atoms with Crippen molar-refractivity contribution < 1.29 is 0 Å². The summed E-state index contributed by atoms with van der Waals surface area (Å²) in [5.74, 6) is 0. The number of rotatable bonds is 2. The third-order valence-electron chi connectivity index (χ3n) is 3.85. The van der Waals surface area contributed by atoms with Crippen LogP contribution in [0.2, 0.25) is 5.02 Å². The van der Waals surface area contributed by atoms with E-state index in [-0.39, 0.29) is 0 Å². The molecule has 4 heteroatoms. The fraction of sp³-hybridized carbons (Fsp3) is 0.188. The average molecular weight is 301 g/mol. The standard InChI is InChI=1S/C16H13ClN2S/c17-13-5-6-14-16(18-9-20-14)15(13)19-12-7-10-3-1-2-4-11(10)8-12/h1-6,9,12,19H,7-8H2. The highest BCUT2D eigenvalue weighted by Crippen LogP contribution is 2.34. The maximum absolute atomic E-state index is 6.35. The van der Waals surface area contributed by atoms with Crippen LogP contribution >= 0.6 is 22.9 Å². The Morgan fingerprint density at radius 1 is 1.10 bits per heavy atom. The van der Waals surface area contributed by atoms with Crippen LogP contribution in [0.3, 0.4) is 0 Å². The van der Waals surface area contributed by atoms with Crippen LogP contribution in [-0.2, 0) is 12.8 Å². The van der Waals surface area contributed by atoms with Gasteiger partial charge in [0.25, 0.3) is 0 Å².